The van der Waals surface area contributed by atoms with Gasteiger partial charge in [-0.25, -0.2) is 0 Å². The Labute approximate surface area is 118 Å². The van der Waals surface area contributed by atoms with Crippen molar-refractivity contribution in [1.82, 2.24) is 10.6 Å². The van der Waals surface area contributed by atoms with E-state index >= 15 is 0 Å². The second-order valence-corrected chi connectivity index (χ2v) is 6.94. The third kappa shape index (κ3) is 4.96. The van der Waals surface area contributed by atoms with E-state index < -0.39 is 0 Å². The molecule has 1 heterocycles. The zero-order valence-electron chi connectivity index (χ0n) is 12.6. The molecule has 0 spiro atoms. The van der Waals surface area contributed by atoms with Crippen molar-refractivity contribution in [3.63, 3.8) is 0 Å². The highest BCUT2D eigenvalue weighted by atomic mass is 15.0. The van der Waals surface area contributed by atoms with E-state index in [9.17, 15) is 0 Å². The van der Waals surface area contributed by atoms with Crippen LogP contribution in [0.4, 0.5) is 0 Å². The van der Waals surface area contributed by atoms with Gasteiger partial charge in [0.1, 0.15) is 0 Å². The molecular formula is C17H28N2. The molecule has 0 amide bonds. The third-order valence-corrected chi connectivity index (χ3v) is 3.75. The van der Waals surface area contributed by atoms with Crippen molar-refractivity contribution in [2.24, 2.45) is 5.41 Å². The Balaban J connectivity index is 2.05. The molecule has 1 aromatic rings. The molecule has 1 aliphatic rings. The number of rotatable bonds is 4. The van der Waals surface area contributed by atoms with Crippen LogP contribution in [0.1, 0.15) is 51.6 Å². The van der Waals surface area contributed by atoms with E-state index in [0.29, 0.717) is 17.5 Å². The highest BCUT2D eigenvalue weighted by Gasteiger charge is 2.23. The van der Waals surface area contributed by atoms with E-state index in [1.807, 2.05) is 0 Å². The van der Waals surface area contributed by atoms with Gasteiger partial charge in [-0.3, -0.25) is 0 Å². The van der Waals surface area contributed by atoms with Crippen LogP contribution >= 0.6 is 0 Å². The topological polar surface area (TPSA) is 24.1 Å². The van der Waals surface area contributed by atoms with Crippen LogP contribution in [-0.2, 0) is 0 Å². The first kappa shape index (κ1) is 14.5. The van der Waals surface area contributed by atoms with Gasteiger partial charge in [-0.1, -0.05) is 51.1 Å². The number of benzene rings is 1. The first-order chi connectivity index (χ1) is 9.04. The van der Waals surface area contributed by atoms with Crippen molar-refractivity contribution in [2.45, 2.75) is 52.1 Å². The highest BCUT2D eigenvalue weighted by Crippen LogP contribution is 2.30. The SMILES string of the molecule is CC(C)(C)CC(NC1CCCNC1)c1ccccc1. The minimum Gasteiger partial charge on any atom is -0.315 e. The maximum Gasteiger partial charge on any atom is 0.0328 e. The Bertz CT molecular complexity index is 361. The summed E-state index contributed by atoms with van der Waals surface area (Å²) in [6, 6.07) is 12.0. The number of hydrogen-bond donors (Lipinski definition) is 2. The van der Waals surface area contributed by atoms with Crippen LogP contribution in [0, 0.1) is 5.41 Å². The van der Waals surface area contributed by atoms with Gasteiger partial charge in [-0.2, -0.15) is 0 Å². The van der Waals surface area contributed by atoms with E-state index in [-0.39, 0.29) is 0 Å². The van der Waals surface area contributed by atoms with Crippen molar-refractivity contribution < 1.29 is 0 Å². The van der Waals surface area contributed by atoms with Gasteiger partial charge in [0.15, 0.2) is 0 Å². The normalized spacial score (nSPS) is 22.2. The molecule has 2 unspecified atom stereocenters. The third-order valence-electron chi connectivity index (χ3n) is 3.75. The predicted octanol–water partition coefficient (Wildman–Crippen LogP) is 3.51. The largest absolute Gasteiger partial charge is 0.315 e. The Morgan fingerprint density at radius 3 is 2.58 bits per heavy atom. The molecule has 2 heteroatoms. The van der Waals surface area contributed by atoms with Crippen LogP contribution in [0.25, 0.3) is 0 Å². The Kier molecular flexibility index (Phi) is 5.00. The highest BCUT2D eigenvalue weighted by molar-refractivity contribution is 5.19. The summed E-state index contributed by atoms with van der Waals surface area (Å²) in [5.74, 6) is 0. The summed E-state index contributed by atoms with van der Waals surface area (Å²) >= 11 is 0. The molecule has 0 radical (unpaired) electrons. The zero-order chi connectivity index (χ0) is 13.7. The van der Waals surface area contributed by atoms with Crippen LogP contribution in [0.5, 0.6) is 0 Å². The fraction of sp³-hybridized carbons (Fsp3) is 0.647. The van der Waals surface area contributed by atoms with E-state index in [2.05, 4.69) is 61.7 Å². The number of piperidine rings is 1. The van der Waals surface area contributed by atoms with Gasteiger partial charge in [0.25, 0.3) is 0 Å². The first-order valence-electron chi connectivity index (χ1n) is 7.56. The number of hydrogen-bond acceptors (Lipinski definition) is 2. The molecule has 1 aliphatic heterocycles. The maximum absolute atomic E-state index is 3.87. The lowest BCUT2D eigenvalue weighted by molar-refractivity contribution is 0.273. The maximum atomic E-state index is 3.87. The molecule has 2 N–H and O–H groups in total. The molecule has 19 heavy (non-hydrogen) atoms. The summed E-state index contributed by atoms with van der Waals surface area (Å²) in [5.41, 5.74) is 1.76. The molecule has 1 aromatic carbocycles. The van der Waals surface area contributed by atoms with Crippen molar-refractivity contribution in [3.8, 4) is 0 Å². The summed E-state index contributed by atoms with van der Waals surface area (Å²) < 4.78 is 0. The lowest BCUT2D eigenvalue weighted by Crippen LogP contribution is -2.45. The van der Waals surface area contributed by atoms with E-state index in [1.54, 1.807) is 0 Å². The van der Waals surface area contributed by atoms with Crippen molar-refractivity contribution in [2.75, 3.05) is 13.1 Å². The Morgan fingerprint density at radius 1 is 1.26 bits per heavy atom. The Hall–Kier alpha value is -0.860. The van der Waals surface area contributed by atoms with Crippen LogP contribution in [0.3, 0.4) is 0 Å². The lowest BCUT2D eigenvalue weighted by atomic mass is 9.85. The summed E-state index contributed by atoms with van der Waals surface area (Å²) in [6.45, 7) is 9.25. The van der Waals surface area contributed by atoms with Gasteiger partial charge in [-0.05, 0) is 36.8 Å². The van der Waals surface area contributed by atoms with E-state index in [4.69, 9.17) is 0 Å². The van der Waals surface area contributed by atoms with Gasteiger partial charge in [0.2, 0.25) is 0 Å². The lowest BCUT2D eigenvalue weighted by Gasteiger charge is -2.33. The minimum absolute atomic E-state index is 0.343. The Morgan fingerprint density at radius 2 is 2.00 bits per heavy atom. The summed E-state index contributed by atoms with van der Waals surface area (Å²) in [7, 11) is 0. The summed E-state index contributed by atoms with van der Waals surface area (Å²) in [5, 5.41) is 7.36. The molecule has 0 bridgehead atoms. The molecule has 106 valence electrons. The van der Waals surface area contributed by atoms with Crippen molar-refractivity contribution >= 4 is 0 Å². The van der Waals surface area contributed by atoms with E-state index in [0.717, 1.165) is 6.54 Å². The number of nitrogens with one attached hydrogen (secondary N) is 2. The van der Waals surface area contributed by atoms with Crippen molar-refractivity contribution in [3.05, 3.63) is 35.9 Å². The second-order valence-electron chi connectivity index (χ2n) is 6.94. The van der Waals surface area contributed by atoms with Gasteiger partial charge < -0.3 is 10.6 Å². The van der Waals surface area contributed by atoms with Gasteiger partial charge in [-0.15, -0.1) is 0 Å². The van der Waals surface area contributed by atoms with Crippen LogP contribution < -0.4 is 10.6 Å². The smallest absolute Gasteiger partial charge is 0.0328 e. The van der Waals surface area contributed by atoms with Crippen LogP contribution in [0.2, 0.25) is 0 Å². The molecule has 2 atom stereocenters. The molecule has 1 saturated heterocycles. The van der Waals surface area contributed by atoms with Gasteiger partial charge >= 0.3 is 0 Å². The molecule has 0 aliphatic carbocycles. The average molecular weight is 260 g/mol. The molecule has 2 nitrogen and oxygen atoms in total. The molecule has 1 fully saturated rings. The molecule has 0 aromatic heterocycles. The van der Waals surface area contributed by atoms with E-state index in [1.165, 1.54) is 31.4 Å². The summed E-state index contributed by atoms with van der Waals surface area (Å²) in [4.78, 5) is 0. The fourth-order valence-corrected chi connectivity index (χ4v) is 2.85. The molecular weight excluding hydrogens is 232 g/mol. The molecule has 0 saturated carbocycles. The van der Waals surface area contributed by atoms with Gasteiger partial charge in [0, 0.05) is 18.6 Å². The van der Waals surface area contributed by atoms with Crippen LogP contribution in [0.15, 0.2) is 30.3 Å². The molecule has 2 rings (SSSR count). The average Bonchev–Trinajstić information content (AvgIpc) is 2.39. The second kappa shape index (κ2) is 6.53. The monoisotopic (exact) mass is 260 g/mol. The summed E-state index contributed by atoms with van der Waals surface area (Å²) in [6.07, 6.45) is 3.75. The quantitative estimate of drug-likeness (QED) is 0.865. The van der Waals surface area contributed by atoms with Gasteiger partial charge in [0.05, 0.1) is 0 Å². The zero-order valence-corrected chi connectivity index (χ0v) is 12.6. The minimum atomic E-state index is 0.343. The van der Waals surface area contributed by atoms with Crippen LogP contribution in [-0.4, -0.2) is 19.1 Å². The fourth-order valence-electron chi connectivity index (χ4n) is 2.85. The first-order valence-corrected chi connectivity index (χ1v) is 7.56. The standard InChI is InChI=1S/C17H28N2/c1-17(2,3)12-16(14-8-5-4-6-9-14)19-15-10-7-11-18-13-15/h4-6,8-9,15-16,18-19H,7,10-13H2,1-3H3. The van der Waals surface area contributed by atoms with Crippen molar-refractivity contribution in [1.29, 1.82) is 0 Å². The predicted molar refractivity (Wildman–Crippen MR) is 82.3 cm³/mol.